The summed E-state index contributed by atoms with van der Waals surface area (Å²) < 4.78 is 32.7. The Morgan fingerprint density at radius 3 is 2.12 bits per heavy atom. The van der Waals surface area contributed by atoms with Gasteiger partial charge in [0.2, 0.25) is 0 Å². The second-order valence-electron chi connectivity index (χ2n) is 5.58. The summed E-state index contributed by atoms with van der Waals surface area (Å²) in [5.41, 5.74) is 1.59. The predicted molar refractivity (Wildman–Crippen MR) is 98.2 cm³/mol. The molecule has 0 fully saturated rings. The van der Waals surface area contributed by atoms with Crippen molar-refractivity contribution in [3.05, 3.63) is 65.7 Å². The molecule has 0 radical (unpaired) electrons. The van der Waals surface area contributed by atoms with E-state index in [0.717, 1.165) is 16.9 Å². The summed E-state index contributed by atoms with van der Waals surface area (Å²) in [5, 5.41) is 0. The number of carbonyl (C=O) groups is 1. The molecule has 0 aliphatic heterocycles. The second kappa shape index (κ2) is 9.64. The minimum atomic E-state index is -3.72. The third-order valence-electron chi connectivity index (χ3n) is 3.85. The van der Waals surface area contributed by atoms with Gasteiger partial charge in [0.15, 0.2) is 0 Å². The number of phosphoric acid groups is 1. The molecule has 0 heterocycles. The minimum absolute atomic E-state index is 0.0484. The van der Waals surface area contributed by atoms with Crippen LogP contribution < -0.4 is 4.74 Å². The Labute approximate surface area is 153 Å². The summed E-state index contributed by atoms with van der Waals surface area (Å²) in [7, 11) is 0.351. The van der Waals surface area contributed by atoms with E-state index in [4.69, 9.17) is 18.3 Å². The second-order valence-corrected chi connectivity index (χ2v) is 7.42. The third-order valence-corrected chi connectivity index (χ3v) is 5.26. The molecular formula is C19H23O6P. The number of Topliss-reactive ketones (excluding diaryl/α,β-unsaturated/α-hetero) is 1. The van der Waals surface area contributed by atoms with Crippen molar-refractivity contribution >= 4 is 13.6 Å². The van der Waals surface area contributed by atoms with Crippen LogP contribution in [0.5, 0.6) is 5.75 Å². The molecule has 2 aromatic carbocycles. The first-order valence-electron chi connectivity index (χ1n) is 8.09. The van der Waals surface area contributed by atoms with E-state index in [1.165, 1.54) is 14.2 Å². The van der Waals surface area contributed by atoms with E-state index in [0.29, 0.717) is 0 Å². The predicted octanol–water partition coefficient (Wildman–Crippen LogP) is 4.36. The maximum Gasteiger partial charge on any atom is 0.474 e. The van der Waals surface area contributed by atoms with Gasteiger partial charge in [-0.1, -0.05) is 42.5 Å². The highest BCUT2D eigenvalue weighted by Gasteiger charge is 2.30. The summed E-state index contributed by atoms with van der Waals surface area (Å²) in [6.07, 6.45) is -0.444. The molecule has 2 rings (SSSR count). The number of ether oxygens (including phenoxy) is 1. The number of hydrogen-bond acceptors (Lipinski definition) is 6. The number of benzene rings is 2. The van der Waals surface area contributed by atoms with Crippen LogP contribution in [0.2, 0.25) is 0 Å². The van der Waals surface area contributed by atoms with Crippen LogP contribution in [0.3, 0.4) is 0 Å². The number of carbonyl (C=O) groups excluding carboxylic acids is 1. The zero-order valence-corrected chi connectivity index (χ0v) is 16.0. The van der Waals surface area contributed by atoms with Gasteiger partial charge in [0.1, 0.15) is 17.6 Å². The van der Waals surface area contributed by atoms with Crippen LogP contribution in [-0.4, -0.2) is 27.1 Å². The van der Waals surface area contributed by atoms with Gasteiger partial charge in [-0.3, -0.25) is 18.4 Å². The van der Waals surface area contributed by atoms with E-state index < -0.39 is 13.9 Å². The van der Waals surface area contributed by atoms with Gasteiger partial charge in [0.25, 0.3) is 0 Å². The number of hydrogen-bond donors (Lipinski definition) is 0. The van der Waals surface area contributed by atoms with Crippen LogP contribution in [0.4, 0.5) is 0 Å². The molecule has 0 aliphatic carbocycles. The van der Waals surface area contributed by atoms with Crippen LogP contribution in [0.15, 0.2) is 54.6 Å². The molecular weight excluding hydrogens is 355 g/mol. The first kappa shape index (κ1) is 20.3. The molecule has 0 spiro atoms. The van der Waals surface area contributed by atoms with E-state index in [1.807, 2.05) is 30.3 Å². The molecule has 0 saturated carbocycles. The van der Waals surface area contributed by atoms with Crippen molar-refractivity contribution in [1.29, 1.82) is 0 Å². The quantitative estimate of drug-likeness (QED) is 0.572. The van der Waals surface area contributed by atoms with E-state index >= 15 is 0 Å². The lowest BCUT2D eigenvalue weighted by Crippen LogP contribution is -2.12. The van der Waals surface area contributed by atoms with Gasteiger partial charge in [0.05, 0.1) is 7.11 Å². The van der Waals surface area contributed by atoms with Gasteiger partial charge in [-0.25, -0.2) is 4.57 Å². The number of methoxy groups -OCH3 is 1. The molecule has 0 bridgehead atoms. The van der Waals surface area contributed by atoms with Gasteiger partial charge < -0.3 is 4.74 Å². The van der Waals surface area contributed by atoms with Crippen molar-refractivity contribution in [1.82, 2.24) is 0 Å². The number of phosphoric ester groups is 1. The molecule has 0 aromatic heterocycles. The molecule has 2 aromatic rings. The molecule has 0 N–H and O–H groups in total. The molecule has 140 valence electrons. The zero-order chi connectivity index (χ0) is 19.0. The van der Waals surface area contributed by atoms with Crippen molar-refractivity contribution in [2.24, 2.45) is 0 Å². The molecule has 0 saturated heterocycles. The van der Waals surface area contributed by atoms with Crippen molar-refractivity contribution in [2.45, 2.75) is 18.9 Å². The lowest BCUT2D eigenvalue weighted by Gasteiger charge is -2.22. The zero-order valence-electron chi connectivity index (χ0n) is 15.1. The van der Waals surface area contributed by atoms with Crippen LogP contribution in [0.25, 0.3) is 0 Å². The summed E-state index contributed by atoms with van der Waals surface area (Å²) in [5.74, 6) is 0.676. The van der Waals surface area contributed by atoms with Crippen LogP contribution in [0, 0.1) is 0 Å². The fraction of sp³-hybridized carbons (Fsp3) is 0.316. The summed E-state index contributed by atoms with van der Waals surface area (Å²) in [4.78, 5) is 12.5. The van der Waals surface area contributed by atoms with E-state index in [9.17, 15) is 9.36 Å². The van der Waals surface area contributed by atoms with Gasteiger partial charge in [0, 0.05) is 27.1 Å². The van der Waals surface area contributed by atoms with Crippen LogP contribution in [-0.2, 0) is 29.4 Å². The Kier molecular flexibility index (Phi) is 7.54. The lowest BCUT2D eigenvalue weighted by atomic mass is 10.0. The third kappa shape index (κ3) is 5.78. The summed E-state index contributed by atoms with van der Waals surface area (Å²) in [6, 6.07) is 16.4. The molecule has 0 amide bonds. The van der Waals surface area contributed by atoms with Gasteiger partial charge in [-0.05, 0) is 23.3 Å². The Hall–Kier alpha value is -1.98. The highest BCUT2D eigenvalue weighted by atomic mass is 31.2. The molecule has 7 heteroatoms. The van der Waals surface area contributed by atoms with E-state index in [1.54, 1.807) is 31.4 Å². The van der Waals surface area contributed by atoms with Crippen LogP contribution in [0.1, 0.15) is 23.7 Å². The van der Waals surface area contributed by atoms with E-state index in [-0.39, 0.29) is 18.6 Å². The Bertz CT molecular complexity index is 736. The maximum atomic E-state index is 12.5. The Morgan fingerprint density at radius 2 is 1.58 bits per heavy atom. The smallest absolute Gasteiger partial charge is 0.474 e. The summed E-state index contributed by atoms with van der Waals surface area (Å²) in [6.45, 7) is 0. The average molecular weight is 378 g/mol. The maximum absolute atomic E-state index is 12.5. The van der Waals surface area contributed by atoms with Crippen molar-refractivity contribution < 1.29 is 27.7 Å². The summed E-state index contributed by atoms with van der Waals surface area (Å²) >= 11 is 0. The standard InChI is InChI=1S/C19H23O6P/c1-22-18-11-9-15(10-12-18)13-17(20)14-19(16-7-5-4-6-8-16)25-26(21,23-2)24-3/h4-12,19H,13-14H2,1-3H3. The fourth-order valence-electron chi connectivity index (χ4n) is 2.45. The van der Waals surface area contributed by atoms with Gasteiger partial charge in [-0.15, -0.1) is 0 Å². The fourth-order valence-corrected chi connectivity index (χ4v) is 3.28. The largest absolute Gasteiger partial charge is 0.497 e. The van der Waals surface area contributed by atoms with Gasteiger partial charge in [-0.2, -0.15) is 0 Å². The molecule has 6 nitrogen and oxygen atoms in total. The van der Waals surface area contributed by atoms with Crippen molar-refractivity contribution in [3.63, 3.8) is 0 Å². The van der Waals surface area contributed by atoms with E-state index in [2.05, 4.69) is 0 Å². The van der Waals surface area contributed by atoms with Crippen LogP contribution >= 0.6 is 7.82 Å². The number of rotatable bonds is 10. The first-order chi connectivity index (χ1) is 12.5. The lowest BCUT2D eigenvalue weighted by molar-refractivity contribution is -0.120. The van der Waals surface area contributed by atoms with Gasteiger partial charge >= 0.3 is 7.82 Å². The molecule has 0 aliphatic rings. The first-order valence-corrected chi connectivity index (χ1v) is 9.55. The SMILES string of the molecule is COc1ccc(CC(=O)CC(OP(=O)(OC)OC)c2ccccc2)cc1. The topological polar surface area (TPSA) is 71.1 Å². The Balaban J connectivity index is 2.12. The highest BCUT2D eigenvalue weighted by Crippen LogP contribution is 2.52. The minimum Gasteiger partial charge on any atom is -0.497 e. The van der Waals surface area contributed by atoms with Crippen molar-refractivity contribution in [2.75, 3.05) is 21.3 Å². The average Bonchev–Trinajstić information content (AvgIpc) is 2.68. The highest BCUT2D eigenvalue weighted by molar-refractivity contribution is 7.48. The molecule has 26 heavy (non-hydrogen) atoms. The normalized spacial score (nSPS) is 12.6. The van der Waals surface area contributed by atoms with Crippen molar-refractivity contribution in [3.8, 4) is 5.75 Å². The molecule has 1 atom stereocenters. The molecule has 1 unspecified atom stereocenters. The Morgan fingerprint density at radius 1 is 0.962 bits per heavy atom. The number of ketones is 1. The monoisotopic (exact) mass is 378 g/mol.